The predicted molar refractivity (Wildman–Crippen MR) is 93.3 cm³/mol. The van der Waals surface area contributed by atoms with Gasteiger partial charge in [-0.25, -0.2) is 9.78 Å². The lowest BCUT2D eigenvalue weighted by molar-refractivity contribution is 0.0335. The number of hydrogen-bond acceptors (Lipinski definition) is 4. The Morgan fingerprint density at radius 3 is 3.17 bits per heavy atom. The van der Waals surface area contributed by atoms with Gasteiger partial charge in [-0.15, -0.1) is 0 Å². The van der Waals surface area contributed by atoms with Gasteiger partial charge in [0.05, 0.1) is 12.2 Å². The molecule has 4 rings (SSSR count). The highest BCUT2D eigenvalue weighted by Crippen LogP contribution is 2.38. The molecule has 0 bridgehead atoms. The van der Waals surface area contributed by atoms with E-state index < -0.39 is 6.10 Å². The van der Waals surface area contributed by atoms with Crippen molar-refractivity contribution in [2.75, 3.05) is 6.61 Å². The topological polar surface area (TPSA) is 64.2 Å². The number of fused-ring (bicyclic) bond motifs is 2. The van der Waals surface area contributed by atoms with Gasteiger partial charge < -0.3 is 14.5 Å². The van der Waals surface area contributed by atoms with E-state index >= 15 is 0 Å². The van der Waals surface area contributed by atoms with Crippen LogP contribution in [0.5, 0.6) is 5.75 Å². The number of halogens is 1. The second-order valence-electron chi connectivity index (χ2n) is 5.73. The molecule has 0 aliphatic carbocycles. The van der Waals surface area contributed by atoms with E-state index in [2.05, 4.69) is 25.9 Å². The van der Waals surface area contributed by atoms with Crippen LogP contribution < -0.4 is 4.74 Å². The molecule has 0 fully saturated rings. The van der Waals surface area contributed by atoms with Gasteiger partial charge in [-0.2, -0.15) is 0 Å². The fourth-order valence-corrected chi connectivity index (χ4v) is 3.55. The number of rotatable bonds is 3. The van der Waals surface area contributed by atoms with Crippen LogP contribution in [0.3, 0.4) is 0 Å². The molecule has 0 saturated carbocycles. The SMILES string of the molecule is C[C@@H](OC(=O)c1ccnc2[nH]ccc12)c1cc(Br)cc2c1OCC2. The van der Waals surface area contributed by atoms with E-state index in [1.165, 1.54) is 0 Å². The van der Waals surface area contributed by atoms with Gasteiger partial charge in [-0.1, -0.05) is 15.9 Å². The summed E-state index contributed by atoms with van der Waals surface area (Å²) in [6, 6.07) is 7.49. The minimum absolute atomic E-state index is 0.374. The third-order valence-electron chi connectivity index (χ3n) is 4.18. The molecule has 0 unspecified atom stereocenters. The molecule has 0 saturated heterocycles. The molecule has 1 aliphatic heterocycles. The Labute approximate surface area is 147 Å². The second-order valence-corrected chi connectivity index (χ2v) is 6.64. The molecule has 1 aliphatic rings. The van der Waals surface area contributed by atoms with Crippen LogP contribution in [0, 0.1) is 0 Å². The van der Waals surface area contributed by atoms with Gasteiger partial charge in [0.15, 0.2) is 0 Å². The van der Waals surface area contributed by atoms with Crippen molar-refractivity contribution >= 4 is 32.9 Å². The second kappa shape index (κ2) is 5.94. The molecule has 1 aromatic carbocycles. The van der Waals surface area contributed by atoms with Gasteiger partial charge >= 0.3 is 5.97 Å². The lowest BCUT2D eigenvalue weighted by Crippen LogP contribution is -2.10. The first kappa shape index (κ1) is 15.2. The van der Waals surface area contributed by atoms with E-state index in [1.807, 2.05) is 25.1 Å². The molecule has 0 amide bonds. The first-order valence-corrected chi connectivity index (χ1v) is 8.51. The van der Waals surface area contributed by atoms with Gasteiger partial charge in [0.1, 0.15) is 17.5 Å². The third kappa shape index (κ3) is 2.57. The van der Waals surface area contributed by atoms with E-state index in [9.17, 15) is 4.79 Å². The number of ether oxygens (including phenoxy) is 2. The minimum atomic E-state index is -0.413. The number of aromatic nitrogens is 2. The highest BCUT2D eigenvalue weighted by molar-refractivity contribution is 9.10. The molecule has 5 nitrogen and oxygen atoms in total. The van der Waals surface area contributed by atoms with Crippen molar-refractivity contribution in [3.63, 3.8) is 0 Å². The summed E-state index contributed by atoms with van der Waals surface area (Å²) in [5, 5.41) is 0.755. The Balaban J connectivity index is 1.64. The summed E-state index contributed by atoms with van der Waals surface area (Å²) in [6.07, 6.45) is 3.81. The molecular formula is C18H15BrN2O3. The Morgan fingerprint density at radius 2 is 2.29 bits per heavy atom. The molecule has 1 N–H and O–H groups in total. The van der Waals surface area contributed by atoms with Crippen LogP contribution in [0.15, 0.2) is 41.1 Å². The average Bonchev–Trinajstić information content (AvgIpc) is 3.21. The third-order valence-corrected chi connectivity index (χ3v) is 4.64. The van der Waals surface area contributed by atoms with Gasteiger partial charge in [0, 0.05) is 34.2 Å². The minimum Gasteiger partial charge on any atom is -0.493 e. The van der Waals surface area contributed by atoms with Crippen molar-refractivity contribution in [2.45, 2.75) is 19.4 Å². The van der Waals surface area contributed by atoms with Crippen molar-refractivity contribution in [3.8, 4) is 5.75 Å². The van der Waals surface area contributed by atoms with E-state index in [4.69, 9.17) is 9.47 Å². The molecule has 2 aromatic heterocycles. The Morgan fingerprint density at radius 1 is 1.42 bits per heavy atom. The molecule has 3 aromatic rings. The molecule has 122 valence electrons. The molecule has 0 radical (unpaired) electrons. The number of nitrogens with one attached hydrogen (secondary N) is 1. The molecule has 1 atom stereocenters. The Bertz CT molecular complexity index is 935. The average molecular weight is 387 g/mol. The summed E-state index contributed by atoms with van der Waals surface area (Å²) in [4.78, 5) is 19.8. The number of H-pyrrole nitrogens is 1. The number of carbonyl (C=O) groups excluding carboxylic acids is 1. The molecule has 6 heteroatoms. The van der Waals surface area contributed by atoms with E-state index in [-0.39, 0.29) is 5.97 Å². The van der Waals surface area contributed by atoms with Crippen LogP contribution in [0.1, 0.15) is 34.5 Å². The molecule has 0 spiro atoms. The van der Waals surface area contributed by atoms with Crippen LogP contribution in [-0.2, 0) is 11.2 Å². The number of nitrogens with zero attached hydrogens (tertiary/aromatic N) is 1. The summed E-state index contributed by atoms with van der Waals surface area (Å²) in [7, 11) is 0. The number of esters is 1. The quantitative estimate of drug-likeness (QED) is 0.685. The van der Waals surface area contributed by atoms with Gasteiger partial charge in [-0.3, -0.25) is 0 Å². The number of hydrogen-bond donors (Lipinski definition) is 1. The number of aromatic amines is 1. The molecule has 3 heterocycles. The van der Waals surface area contributed by atoms with Crippen LogP contribution in [-0.4, -0.2) is 22.5 Å². The standard InChI is InChI=1S/C18H15BrN2O3/c1-10(15-9-12(19)8-11-4-7-23-16(11)15)24-18(22)14-3-6-21-17-13(14)2-5-20-17/h2-3,5-6,8-10H,4,7H2,1H3,(H,20,21)/t10-/m1/s1. The summed E-state index contributed by atoms with van der Waals surface area (Å²) in [6.45, 7) is 2.52. The summed E-state index contributed by atoms with van der Waals surface area (Å²) in [5.41, 5.74) is 3.19. The van der Waals surface area contributed by atoms with Gasteiger partial charge in [0.2, 0.25) is 0 Å². The van der Waals surface area contributed by atoms with Crippen molar-refractivity contribution in [1.82, 2.24) is 9.97 Å². The fraction of sp³-hybridized carbons (Fsp3) is 0.222. The largest absolute Gasteiger partial charge is 0.493 e. The van der Waals surface area contributed by atoms with E-state index in [0.29, 0.717) is 17.8 Å². The fourth-order valence-electron chi connectivity index (χ4n) is 3.03. The Kier molecular flexibility index (Phi) is 3.76. The predicted octanol–water partition coefficient (Wildman–Crippen LogP) is 4.18. The van der Waals surface area contributed by atoms with E-state index in [1.54, 1.807) is 18.5 Å². The highest BCUT2D eigenvalue weighted by atomic mass is 79.9. The molecular weight excluding hydrogens is 372 g/mol. The normalized spacial score (nSPS) is 14.2. The van der Waals surface area contributed by atoms with Gasteiger partial charge in [0.25, 0.3) is 0 Å². The highest BCUT2D eigenvalue weighted by Gasteiger charge is 2.24. The lowest BCUT2D eigenvalue weighted by Gasteiger charge is -2.17. The first-order chi connectivity index (χ1) is 11.6. The van der Waals surface area contributed by atoms with Crippen LogP contribution in [0.4, 0.5) is 0 Å². The smallest absolute Gasteiger partial charge is 0.339 e. The monoisotopic (exact) mass is 386 g/mol. The zero-order valence-corrected chi connectivity index (χ0v) is 14.6. The van der Waals surface area contributed by atoms with Gasteiger partial charge in [-0.05, 0) is 36.8 Å². The van der Waals surface area contributed by atoms with Crippen LogP contribution in [0.25, 0.3) is 11.0 Å². The van der Waals surface area contributed by atoms with Crippen LogP contribution >= 0.6 is 15.9 Å². The van der Waals surface area contributed by atoms with Crippen molar-refractivity contribution in [3.05, 3.63) is 57.8 Å². The molecule has 24 heavy (non-hydrogen) atoms. The maximum absolute atomic E-state index is 12.6. The zero-order valence-electron chi connectivity index (χ0n) is 13.0. The van der Waals surface area contributed by atoms with Crippen molar-refractivity contribution < 1.29 is 14.3 Å². The zero-order chi connectivity index (χ0) is 16.7. The number of carbonyl (C=O) groups is 1. The maximum Gasteiger partial charge on any atom is 0.339 e. The number of pyridine rings is 1. The summed E-state index contributed by atoms with van der Waals surface area (Å²) in [5.74, 6) is 0.459. The van der Waals surface area contributed by atoms with Crippen molar-refractivity contribution in [2.24, 2.45) is 0 Å². The maximum atomic E-state index is 12.6. The summed E-state index contributed by atoms with van der Waals surface area (Å²) >= 11 is 3.51. The summed E-state index contributed by atoms with van der Waals surface area (Å²) < 4.78 is 12.4. The van der Waals surface area contributed by atoms with Crippen molar-refractivity contribution in [1.29, 1.82) is 0 Å². The number of benzene rings is 1. The Hall–Kier alpha value is -2.34. The van der Waals surface area contributed by atoms with Crippen LogP contribution in [0.2, 0.25) is 0 Å². The lowest BCUT2D eigenvalue weighted by atomic mass is 10.0. The first-order valence-electron chi connectivity index (χ1n) is 7.71. The van der Waals surface area contributed by atoms with E-state index in [0.717, 1.165) is 33.2 Å².